The molecule has 8 heteroatoms. The van der Waals surface area contributed by atoms with Gasteiger partial charge in [0.25, 0.3) is 0 Å². The Morgan fingerprint density at radius 2 is 1.95 bits per heavy atom. The van der Waals surface area contributed by atoms with Gasteiger partial charge in [0.15, 0.2) is 9.34 Å². The van der Waals surface area contributed by atoms with Crippen molar-refractivity contribution in [1.29, 1.82) is 0 Å². The predicted molar refractivity (Wildman–Crippen MR) is 83.3 cm³/mol. The number of nitrogens with two attached hydrogens (primary N) is 1. The summed E-state index contributed by atoms with van der Waals surface area (Å²) in [6, 6.07) is 7.74. The summed E-state index contributed by atoms with van der Waals surface area (Å²) in [6.45, 7) is 2.01. The number of aromatic nitrogens is 1. The number of thiazole rings is 1. The van der Waals surface area contributed by atoms with Gasteiger partial charge >= 0.3 is 0 Å². The van der Waals surface area contributed by atoms with E-state index in [9.17, 15) is 8.42 Å². The number of rotatable bonds is 5. The predicted octanol–water partition coefficient (Wildman–Crippen LogP) is 2.00. The van der Waals surface area contributed by atoms with Crippen LogP contribution >= 0.6 is 11.3 Å². The molecular weight excluding hydrogens is 310 g/mol. The summed E-state index contributed by atoms with van der Waals surface area (Å²) in [4.78, 5) is 6.03. The lowest BCUT2D eigenvalue weighted by atomic mass is 10.1. The van der Waals surface area contributed by atoms with Gasteiger partial charge in [-0.3, -0.25) is 0 Å². The maximum atomic E-state index is 11.3. The Morgan fingerprint density at radius 3 is 2.43 bits per heavy atom. The van der Waals surface area contributed by atoms with Crippen LogP contribution in [0.25, 0.3) is 0 Å². The number of anilines is 1. The van der Waals surface area contributed by atoms with Gasteiger partial charge in [-0.1, -0.05) is 23.5 Å². The topological polar surface area (TPSA) is 85.5 Å². The molecule has 0 aliphatic carbocycles. The van der Waals surface area contributed by atoms with E-state index in [1.165, 1.54) is 6.20 Å². The van der Waals surface area contributed by atoms with Crippen LogP contribution in [0.1, 0.15) is 18.5 Å². The minimum absolute atomic E-state index is 0.0374. The Morgan fingerprint density at radius 1 is 1.33 bits per heavy atom. The molecule has 6 nitrogen and oxygen atoms in total. The van der Waals surface area contributed by atoms with Gasteiger partial charge < -0.3 is 9.64 Å². The van der Waals surface area contributed by atoms with E-state index in [4.69, 9.17) is 9.88 Å². The average Bonchev–Trinajstić information content (AvgIpc) is 2.95. The van der Waals surface area contributed by atoms with E-state index in [-0.39, 0.29) is 10.3 Å². The number of hydrogen-bond donors (Lipinski definition) is 1. The number of ether oxygens (including phenoxy) is 1. The molecule has 2 aromatic rings. The van der Waals surface area contributed by atoms with Crippen molar-refractivity contribution in [1.82, 2.24) is 4.98 Å². The number of nitrogens with zero attached hydrogens (tertiary/aromatic N) is 2. The SMILES string of the molecule is COc1ccc(C(C)N(C)c2ncc(S(N)(=O)=O)s2)cc1. The maximum absolute atomic E-state index is 11.3. The Balaban J connectivity index is 2.22. The lowest BCUT2D eigenvalue weighted by Crippen LogP contribution is -2.21. The van der Waals surface area contributed by atoms with Gasteiger partial charge in [-0.15, -0.1) is 0 Å². The molecule has 2 N–H and O–H groups in total. The summed E-state index contributed by atoms with van der Waals surface area (Å²) in [5, 5.41) is 5.70. The van der Waals surface area contributed by atoms with Crippen LogP contribution in [-0.2, 0) is 10.0 Å². The summed E-state index contributed by atoms with van der Waals surface area (Å²) in [7, 11) is -0.220. The van der Waals surface area contributed by atoms with Crippen LogP contribution in [0.5, 0.6) is 5.75 Å². The molecule has 0 saturated heterocycles. The summed E-state index contributed by atoms with van der Waals surface area (Å²) >= 11 is 1.06. The standard InChI is InChI=1S/C13H17N3O3S2/c1-9(10-4-6-11(19-3)7-5-10)16(2)13-15-8-12(20-13)21(14,17)18/h4-9H,1-3H3,(H2,14,17,18). The lowest BCUT2D eigenvalue weighted by Gasteiger charge is -2.24. The van der Waals surface area contributed by atoms with Crippen LogP contribution in [0.2, 0.25) is 0 Å². The summed E-state index contributed by atoms with van der Waals surface area (Å²) < 4.78 is 27.8. The van der Waals surface area contributed by atoms with E-state index in [0.29, 0.717) is 5.13 Å². The molecule has 0 saturated carbocycles. The monoisotopic (exact) mass is 327 g/mol. The van der Waals surface area contributed by atoms with Crippen molar-refractivity contribution in [2.24, 2.45) is 5.14 Å². The highest BCUT2D eigenvalue weighted by Gasteiger charge is 2.19. The van der Waals surface area contributed by atoms with E-state index in [2.05, 4.69) is 4.98 Å². The van der Waals surface area contributed by atoms with Crippen molar-refractivity contribution in [3.8, 4) is 5.75 Å². The molecule has 1 heterocycles. The highest BCUT2D eigenvalue weighted by atomic mass is 32.2. The average molecular weight is 327 g/mol. The minimum atomic E-state index is -3.70. The number of benzene rings is 1. The molecule has 0 aliphatic rings. The van der Waals surface area contributed by atoms with Crippen LogP contribution in [-0.4, -0.2) is 27.6 Å². The zero-order valence-corrected chi connectivity index (χ0v) is 13.6. The maximum Gasteiger partial charge on any atom is 0.249 e. The number of methoxy groups -OCH3 is 1. The van der Waals surface area contributed by atoms with Gasteiger partial charge in [-0.05, 0) is 24.6 Å². The molecule has 0 spiro atoms. The fraction of sp³-hybridized carbons (Fsp3) is 0.308. The van der Waals surface area contributed by atoms with Gasteiger partial charge in [0.1, 0.15) is 5.75 Å². The smallest absolute Gasteiger partial charge is 0.249 e. The van der Waals surface area contributed by atoms with E-state index in [0.717, 1.165) is 22.6 Å². The molecule has 0 amide bonds. The fourth-order valence-corrected chi connectivity index (χ4v) is 3.40. The second-order valence-corrected chi connectivity index (χ2v) is 7.36. The Bertz CT molecular complexity index is 711. The number of primary sulfonamides is 1. The van der Waals surface area contributed by atoms with E-state index >= 15 is 0 Å². The van der Waals surface area contributed by atoms with Crippen molar-refractivity contribution in [2.75, 3.05) is 19.1 Å². The normalized spacial score (nSPS) is 13.0. The van der Waals surface area contributed by atoms with Crippen LogP contribution in [0.3, 0.4) is 0 Å². The first-order chi connectivity index (χ1) is 9.82. The third-order valence-electron chi connectivity index (χ3n) is 3.23. The lowest BCUT2D eigenvalue weighted by molar-refractivity contribution is 0.414. The zero-order valence-electron chi connectivity index (χ0n) is 12.0. The van der Waals surface area contributed by atoms with E-state index < -0.39 is 10.0 Å². The quantitative estimate of drug-likeness (QED) is 0.908. The molecule has 21 heavy (non-hydrogen) atoms. The first-order valence-corrected chi connectivity index (χ1v) is 8.54. The Kier molecular flexibility index (Phi) is 4.50. The number of sulfonamides is 1. The van der Waals surface area contributed by atoms with Gasteiger partial charge in [-0.2, -0.15) is 0 Å². The van der Waals surface area contributed by atoms with Gasteiger partial charge in [0.05, 0.1) is 19.3 Å². The fourth-order valence-electron chi connectivity index (χ4n) is 1.82. The summed E-state index contributed by atoms with van der Waals surface area (Å²) in [6.07, 6.45) is 1.28. The molecule has 0 radical (unpaired) electrons. The third kappa shape index (κ3) is 3.52. The van der Waals surface area contributed by atoms with Crippen molar-refractivity contribution in [3.63, 3.8) is 0 Å². The Labute approximate surface area is 128 Å². The molecule has 2 rings (SSSR count). The van der Waals surface area contributed by atoms with Crippen molar-refractivity contribution >= 4 is 26.5 Å². The molecule has 1 unspecified atom stereocenters. The van der Waals surface area contributed by atoms with Crippen LogP contribution in [0.4, 0.5) is 5.13 Å². The van der Waals surface area contributed by atoms with E-state index in [1.807, 2.05) is 43.1 Å². The first-order valence-electron chi connectivity index (χ1n) is 6.18. The Hall–Kier alpha value is -1.64. The van der Waals surface area contributed by atoms with Crippen LogP contribution in [0, 0.1) is 0 Å². The zero-order chi connectivity index (χ0) is 15.6. The van der Waals surface area contributed by atoms with E-state index in [1.54, 1.807) is 7.11 Å². The number of hydrogen-bond acceptors (Lipinski definition) is 6. The second-order valence-electron chi connectivity index (χ2n) is 4.57. The summed E-state index contributed by atoms with van der Waals surface area (Å²) in [5.41, 5.74) is 1.07. The molecule has 114 valence electrons. The first kappa shape index (κ1) is 15.7. The van der Waals surface area contributed by atoms with Gasteiger partial charge in [-0.25, -0.2) is 18.5 Å². The molecule has 0 bridgehead atoms. The molecule has 0 fully saturated rings. The van der Waals surface area contributed by atoms with Crippen molar-refractivity contribution < 1.29 is 13.2 Å². The molecule has 0 aliphatic heterocycles. The molecular formula is C13H17N3O3S2. The van der Waals surface area contributed by atoms with Gasteiger partial charge in [0, 0.05) is 7.05 Å². The molecule has 1 atom stereocenters. The minimum Gasteiger partial charge on any atom is -0.497 e. The molecule has 1 aromatic heterocycles. The molecule has 1 aromatic carbocycles. The third-order valence-corrected chi connectivity index (χ3v) is 5.73. The van der Waals surface area contributed by atoms with Crippen LogP contribution < -0.4 is 14.8 Å². The van der Waals surface area contributed by atoms with Crippen molar-refractivity contribution in [3.05, 3.63) is 36.0 Å². The summed E-state index contributed by atoms with van der Waals surface area (Å²) in [5.74, 6) is 0.791. The van der Waals surface area contributed by atoms with Crippen LogP contribution in [0.15, 0.2) is 34.7 Å². The second kappa shape index (κ2) is 6.00. The highest BCUT2D eigenvalue weighted by Crippen LogP contribution is 2.31. The highest BCUT2D eigenvalue weighted by molar-refractivity contribution is 7.91. The largest absolute Gasteiger partial charge is 0.497 e. The van der Waals surface area contributed by atoms with Gasteiger partial charge in [0.2, 0.25) is 10.0 Å². The van der Waals surface area contributed by atoms with Crippen molar-refractivity contribution in [2.45, 2.75) is 17.2 Å².